The highest BCUT2D eigenvalue weighted by Crippen LogP contribution is 2.28. The maximum absolute atomic E-state index is 10.5. The number of rotatable bonds is 5. The van der Waals surface area contributed by atoms with Crippen molar-refractivity contribution in [2.45, 2.75) is 13.0 Å². The molecule has 0 aliphatic carbocycles. The summed E-state index contributed by atoms with van der Waals surface area (Å²) in [6, 6.07) is 7.62. The largest absolute Gasteiger partial charge is 0.480 e. The molecule has 0 spiro atoms. The van der Waals surface area contributed by atoms with E-state index in [9.17, 15) is 4.79 Å². The summed E-state index contributed by atoms with van der Waals surface area (Å²) in [7, 11) is 0. The number of carboxylic acid groups (broad SMARTS) is 1. The zero-order valence-corrected chi connectivity index (χ0v) is 12.1. The minimum Gasteiger partial charge on any atom is -0.480 e. The highest BCUT2D eigenvalue weighted by Gasteiger charge is 2.15. The lowest BCUT2D eigenvalue weighted by atomic mass is 10.1. The molecule has 0 fully saturated rings. The first-order valence-electron chi connectivity index (χ1n) is 6.88. The molecule has 2 heterocycles. The summed E-state index contributed by atoms with van der Waals surface area (Å²) in [6.45, 7) is 1.89. The third kappa shape index (κ3) is 2.46. The fourth-order valence-corrected chi connectivity index (χ4v) is 2.50. The van der Waals surface area contributed by atoms with Gasteiger partial charge in [-0.05, 0) is 13.0 Å². The van der Waals surface area contributed by atoms with E-state index >= 15 is 0 Å². The van der Waals surface area contributed by atoms with Gasteiger partial charge >= 0.3 is 5.97 Å². The van der Waals surface area contributed by atoms with Gasteiger partial charge in [0.05, 0.1) is 30.0 Å². The number of hydrogen-bond acceptors (Lipinski definition) is 5. The molecule has 22 heavy (non-hydrogen) atoms. The molecule has 1 aromatic carbocycles. The maximum Gasteiger partial charge on any atom is 0.329 e. The van der Waals surface area contributed by atoms with Crippen LogP contribution >= 0.6 is 0 Å². The van der Waals surface area contributed by atoms with Crippen molar-refractivity contribution >= 4 is 33.7 Å². The van der Waals surface area contributed by atoms with E-state index in [2.05, 4.69) is 9.97 Å². The summed E-state index contributed by atoms with van der Waals surface area (Å²) in [5.74, 6) is -0.604. The lowest BCUT2D eigenvalue weighted by Gasteiger charge is -2.15. The van der Waals surface area contributed by atoms with Gasteiger partial charge in [-0.15, -0.1) is 0 Å². The van der Waals surface area contributed by atoms with Crippen LogP contribution in [0, 0.1) is 0 Å². The molecule has 0 bridgehead atoms. The maximum atomic E-state index is 10.5. The number of para-hydroxylation sites is 1. The Kier molecular flexibility index (Phi) is 3.64. The quantitative estimate of drug-likeness (QED) is 0.745. The van der Waals surface area contributed by atoms with Gasteiger partial charge in [0.25, 0.3) is 0 Å². The molecule has 3 N–H and O–H groups in total. The average Bonchev–Trinajstić information content (AvgIpc) is 2.92. The number of anilines is 1. The van der Waals surface area contributed by atoms with Crippen LogP contribution in [0.25, 0.3) is 21.9 Å². The van der Waals surface area contributed by atoms with Gasteiger partial charge in [0.2, 0.25) is 0 Å². The van der Waals surface area contributed by atoms with E-state index in [1.54, 1.807) is 6.33 Å². The third-order valence-electron chi connectivity index (χ3n) is 3.50. The van der Waals surface area contributed by atoms with Gasteiger partial charge < -0.3 is 20.1 Å². The molecule has 0 aliphatic rings. The van der Waals surface area contributed by atoms with Crippen LogP contribution in [0.1, 0.15) is 13.0 Å². The van der Waals surface area contributed by atoms with Gasteiger partial charge in [-0.3, -0.25) is 0 Å². The first-order valence-corrected chi connectivity index (χ1v) is 6.88. The topological polar surface area (TPSA) is 103 Å². The van der Waals surface area contributed by atoms with Crippen molar-refractivity contribution in [3.63, 3.8) is 0 Å². The normalized spacial score (nSPS) is 12.8. The van der Waals surface area contributed by atoms with Crippen LogP contribution in [0.4, 0.5) is 5.82 Å². The predicted octanol–water partition coefficient (Wildman–Crippen LogP) is 1.83. The summed E-state index contributed by atoms with van der Waals surface area (Å²) in [6.07, 6.45) is 1.68. The smallest absolute Gasteiger partial charge is 0.329 e. The number of imidazole rings is 1. The van der Waals surface area contributed by atoms with Crippen LogP contribution in [-0.2, 0) is 9.53 Å². The number of fused-ring (bicyclic) bond motifs is 3. The monoisotopic (exact) mass is 300 g/mol. The molecule has 3 rings (SSSR count). The van der Waals surface area contributed by atoms with E-state index in [0.717, 1.165) is 16.4 Å². The Morgan fingerprint density at radius 1 is 1.45 bits per heavy atom. The zero-order valence-electron chi connectivity index (χ0n) is 12.1. The molecule has 0 saturated heterocycles. The van der Waals surface area contributed by atoms with Crippen LogP contribution in [0.5, 0.6) is 0 Å². The Morgan fingerprint density at radius 3 is 3.00 bits per heavy atom. The Balaban J connectivity index is 2.05. The number of carboxylic acids is 1. The van der Waals surface area contributed by atoms with Crippen molar-refractivity contribution in [1.82, 2.24) is 14.5 Å². The van der Waals surface area contributed by atoms with Crippen molar-refractivity contribution in [1.29, 1.82) is 0 Å². The molecule has 1 atom stereocenters. The molecule has 7 nitrogen and oxygen atoms in total. The fourth-order valence-electron chi connectivity index (χ4n) is 2.50. The van der Waals surface area contributed by atoms with Gasteiger partial charge in [-0.25, -0.2) is 14.8 Å². The van der Waals surface area contributed by atoms with Gasteiger partial charge in [-0.2, -0.15) is 0 Å². The van der Waals surface area contributed by atoms with Crippen molar-refractivity contribution < 1.29 is 14.6 Å². The van der Waals surface area contributed by atoms with Gasteiger partial charge in [-0.1, -0.05) is 18.2 Å². The number of hydrogen-bond donors (Lipinski definition) is 2. The van der Waals surface area contributed by atoms with E-state index in [4.69, 9.17) is 15.6 Å². The van der Waals surface area contributed by atoms with Gasteiger partial charge in [0, 0.05) is 5.39 Å². The average molecular weight is 300 g/mol. The summed E-state index contributed by atoms with van der Waals surface area (Å²) in [5.41, 5.74) is 8.30. The number of nitrogens with zero attached hydrogens (tertiary/aromatic N) is 3. The van der Waals surface area contributed by atoms with Gasteiger partial charge in [0.15, 0.2) is 5.82 Å². The second-order valence-electron chi connectivity index (χ2n) is 5.12. The van der Waals surface area contributed by atoms with E-state index < -0.39 is 5.97 Å². The SMILES string of the molecule is CC(COCC(=O)O)n1cnc2c(N)nc3ccccc3c21. The summed E-state index contributed by atoms with van der Waals surface area (Å²) in [5, 5.41) is 9.59. The molecule has 7 heteroatoms. The summed E-state index contributed by atoms with van der Waals surface area (Å²) >= 11 is 0. The standard InChI is InChI=1S/C15H16N4O3/c1-9(6-22-7-12(20)21)19-8-17-13-14(19)10-4-2-3-5-11(10)18-15(13)16/h2-5,8-9H,6-7H2,1H3,(H2,16,18)(H,20,21). The minimum atomic E-state index is -0.985. The number of nitrogens with two attached hydrogens (primary N) is 1. The summed E-state index contributed by atoms with van der Waals surface area (Å²) in [4.78, 5) is 19.2. The number of aromatic nitrogens is 3. The molecular weight excluding hydrogens is 284 g/mol. The van der Waals surface area contributed by atoms with E-state index in [1.807, 2.05) is 35.8 Å². The molecule has 0 amide bonds. The molecule has 3 aromatic rings. The number of pyridine rings is 1. The lowest BCUT2D eigenvalue weighted by Crippen LogP contribution is -2.15. The Hall–Kier alpha value is -2.67. The molecule has 114 valence electrons. The molecule has 1 unspecified atom stereocenters. The first-order chi connectivity index (χ1) is 10.6. The van der Waals surface area contributed by atoms with E-state index in [-0.39, 0.29) is 19.3 Å². The van der Waals surface area contributed by atoms with E-state index in [1.165, 1.54) is 0 Å². The Morgan fingerprint density at radius 2 is 2.23 bits per heavy atom. The number of carbonyl (C=O) groups is 1. The lowest BCUT2D eigenvalue weighted by molar-refractivity contribution is -0.142. The van der Waals surface area contributed by atoms with Crippen LogP contribution < -0.4 is 5.73 Å². The Bertz CT molecular complexity index is 843. The highest BCUT2D eigenvalue weighted by atomic mass is 16.5. The molecule has 0 saturated carbocycles. The van der Waals surface area contributed by atoms with Crippen molar-refractivity contribution in [3.05, 3.63) is 30.6 Å². The van der Waals surface area contributed by atoms with Crippen LogP contribution in [-0.4, -0.2) is 38.8 Å². The third-order valence-corrected chi connectivity index (χ3v) is 3.50. The van der Waals surface area contributed by atoms with E-state index in [0.29, 0.717) is 11.3 Å². The highest BCUT2D eigenvalue weighted by molar-refractivity contribution is 6.06. The molecular formula is C15H16N4O3. The second kappa shape index (κ2) is 5.61. The second-order valence-corrected chi connectivity index (χ2v) is 5.12. The zero-order chi connectivity index (χ0) is 15.7. The molecule has 0 aliphatic heterocycles. The summed E-state index contributed by atoms with van der Waals surface area (Å²) < 4.78 is 7.12. The predicted molar refractivity (Wildman–Crippen MR) is 82.6 cm³/mol. The molecule has 0 radical (unpaired) electrons. The molecule has 2 aromatic heterocycles. The van der Waals surface area contributed by atoms with Crippen LogP contribution in [0.15, 0.2) is 30.6 Å². The van der Waals surface area contributed by atoms with Gasteiger partial charge in [0.1, 0.15) is 12.1 Å². The van der Waals surface area contributed by atoms with Crippen molar-refractivity contribution in [2.24, 2.45) is 0 Å². The van der Waals surface area contributed by atoms with Crippen molar-refractivity contribution in [2.75, 3.05) is 18.9 Å². The van der Waals surface area contributed by atoms with Crippen molar-refractivity contribution in [3.8, 4) is 0 Å². The Labute approximate surface area is 126 Å². The van der Waals surface area contributed by atoms with Crippen LogP contribution in [0.2, 0.25) is 0 Å². The fraction of sp³-hybridized carbons (Fsp3) is 0.267. The first kappa shape index (κ1) is 14.3. The number of ether oxygens (including phenoxy) is 1. The van der Waals surface area contributed by atoms with Crippen LogP contribution in [0.3, 0.4) is 0 Å². The number of nitrogen functional groups attached to an aromatic ring is 1. The number of benzene rings is 1. The minimum absolute atomic E-state index is 0.0745. The number of aliphatic carboxylic acids is 1.